The van der Waals surface area contributed by atoms with Crippen molar-refractivity contribution in [1.82, 2.24) is 4.98 Å². The Morgan fingerprint density at radius 2 is 2.00 bits per heavy atom. The van der Waals surface area contributed by atoms with Gasteiger partial charge in [0, 0.05) is 6.04 Å². The van der Waals surface area contributed by atoms with Gasteiger partial charge in [0.05, 0.1) is 15.6 Å². The second-order valence-corrected chi connectivity index (χ2v) is 6.48. The molecule has 3 rings (SSSR count). The van der Waals surface area contributed by atoms with Gasteiger partial charge in [-0.25, -0.2) is 4.98 Å². The maximum atomic E-state index is 6.45. The molecule has 0 bridgehead atoms. The van der Waals surface area contributed by atoms with Crippen LogP contribution in [0.25, 0.3) is 10.2 Å². The van der Waals surface area contributed by atoms with Crippen molar-refractivity contribution in [3.63, 3.8) is 0 Å². The summed E-state index contributed by atoms with van der Waals surface area (Å²) in [7, 11) is 0. The molecular weight excluding hydrogens is 264 g/mol. The number of para-hydroxylation sites is 1. The predicted octanol–water partition coefficient (Wildman–Crippen LogP) is 4.65. The van der Waals surface area contributed by atoms with Crippen LogP contribution in [-0.4, -0.2) is 16.4 Å². The number of anilines is 1. The van der Waals surface area contributed by atoms with Crippen LogP contribution in [0.4, 0.5) is 5.13 Å². The molecule has 0 spiro atoms. The van der Waals surface area contributed by atoms with Gasteiger partial charge in [0.15, 0.2) is 5.13 Å². The summed E-state index contributed by atoms with van der Waals surface area (Å²) in [6, 6.07) is 8.63. The maximum Gasteiger partial charge on any atom is 0.184 e. The van der Waals surface area contributed by atoms with Crippen molar-refractivity contribution < 1.29 is 0 Å². The monoisotopic (exact) mass is 280 g/mol. The summed E-state index contributed by atoms with van der Waals surface area (Å²) in [5, 5.41) is 4.78. The van der Waals surface area contributed by atoms with E-state index in [1.165, 1.54) is 24.0 Å². The van der Waals surface area contributed by atoms with Crippen molar-refractivity contribution in [2.75, 3.05) is 5.32 Å². The van der Waals surface area contributed by atoms with E-state index in [1.54, 1.807) is 11.3 Å². The first-order valence-electron chi connectivity index (χ1n) is 6.59. The van der Waals surface area contributed by atoms with Crippen LogP contribution in [0, 0.1) is 0 Å². The SMILES string of the molecule is ClC1CCCCCC1Nc1nc2ccccc2s1. The topological polar surface area (TPSA) is 24.9 Å². The number of nitrogens with one attached hydrogen (secondary N) is 1. The number of hydrogen-bond acceptors (Lipinski definition) is 3. The number of alkyl halides is 1. The fourth-order valence-electron chi connectivity index (χ4n) is 2.52. The molecule has 2 nitrogen and oxygen atoms in total. The Labute approximate surface area is 116 Å². The molecule has 1 saturated carbocycles. The molecule has 0 aliphatic heterocycles. The number of nitrogens with zero attached hydrogens (tertiary/aromatic N) is 1. The van der Waals surface area contributed by atoms with Crippen molar-refractivity contribution in [3.8, 4) is 0 Å². The predicted molar refractivity (Wildman–Crippen MR) is 79.8 cm³/mol. The van der Waals surface area contributed by atoms with Crippen LogP contribution in [0.3, 0.4) is 0 Å². The minimum absolute atomic E-state index is 0.236. The van der Waals surface area contributed by atoms with Gasteiger partial charge >= 0.3 is 0 Å². The fourth-order valence-corrected chi connectivity index (χ4v) is 3.79. The zero-order valence-corrected chi connectivity index (χ0v) is 11.8. The van der Waals surface area contributed by atoms with Gasteiger partial charge in [0.2, 0.25) is 0 Å². The molecule has 18 heavy (non-hydrogen) atoms. The van der Waals surface area contributed by atoms with Gasteiger partial charge in [-0.3, -0.25) is 0 Å². The van der Waals surface area contributed by atoms with Crippen molar-refractivity contribution >= 4 is 38.3 Å². The lowest BCUT2D eigenvalue weighted by atomic mass is 10.1. The maximum absolute atomic E-state index is 6.45. The van der Waals surface area contributed by atoms with E-state index in [1.807, 2.05) is 6.07 Å². The smallest absolute Gasteiger partial charge is 0.184 e. The van der Waals surface area contributed by atoms with E-state index >= 15 is 0 Å². The highest BCUT2D eigenvalue weighted by Gasteiger charge is 2.22. The third kappa shape index (κ3) is 2.62. The van der Waals surface area contributed by atoms with Gasteiger partial charge in [-0.2, -0.15) is 0 Å². The normalized spacial score (nSPS) is 24.9. The minimum Gasteiger partial charge on any atom is -0.357 e. The lowest BCUT2D eigenvalue weighted by molar-refractivity contribution is 0.627. The van der Waals surface area contributed by atoms with Gasteiger partial charge in [-0.1, -0.05) is 42.7 Å². The van der Waals surface area contributed by atoms with E-state index in [4.69, 9.17) is 11.6 Å². The average molecular weight is 281 g/mol. The molecule has 0 amide bonds. The number of hydrogen-bond donors (Lipinski definition) is 1. The molecule has 1 N–H and O–H groups in total. The molecule has 2 atom stereocenters. The number of fused-ring (bicyclic) bond motifs is 1. The number of thiazole rings is 1. The Balaban J connectivity index is 1.78. The lowest BCUT2D eigenvalue weighted by Gasteiger charge is -2.20. The average Bonchev–Trinajstić information content (AvgIpc) is 2.68. The zero-order chi connectivity index (χ0) is 12.4. The summed E-state index contributed by atoms with van der Waals surface area (Å²) in [4.78, 5) is 4.62. The number of aromatic nitrogens is 1. The molecule has 96 valence electrons. The minimum atomic E-state index is 0.236. The van der Waals surface area contributed by atoms with Crippen molar-refractivity contribution in [2.24, 2.45) is 0 Å². The van der Waals surface area contributed by atoms with E-state index in [-0.39, 0.29) is 5.38 Å². The van der Waals surface area contributed by atoms with Gasteiger partial charge < -0.3 is 5.32 Å². The molecule has 1 fully saturated rings. The molecule has 2 aromatic rings. The first kappa shape index (κ1) is 12.2. The molecule has 2 unspecified atom stereocenters. The molecule has 1 aliphatic carbocycles. The molecule has 4 heteroatoms. The van der Waals surface area contributed by atoms with Crippen LogP contribution < -0.4 is 5.32 Å². The highest BCUT2D eigenvalue weighted by atomic mass is 35.5. The molecular formula is C14H17ClN2S. The van der Waals surface area contributed by atoms with Crippen molar-refractivity contribution in [3.05, 3.63) is 24.3 Å². The van der Waals surface area contributed by atoms with Gasteiger partial charge in [0.1, 0.15) is 0 Å². The summed E-state index contributed by atoms with van der Waals surface area (Å²) >= 11 is 8.17. The Morgan fingerprint density at radius 3 is 2.89 bits per heavy atom. The Bertz CT molecular complexity index is 492. The summed E-state index contributed by atoms with van der Waals surface area (Å²) in [6.07, 6.45) is 6.10. The van der Waals surface area contributed by atoms with E-state index in [0.29, 0.717) is 6.04 Å². The summed E-state index contributed by atoms with van der Waals surface area (Å²) in [5.41, 5.74) is 1.07. The van der Waals surface area contributed by atoms with E-state index in [0.717, 1.165) is 23.5 Å². The first-order valence-corrected chi connectivity index (χ1v) is 7.84. The molecule has 1 aromatic carbocycles. The molecule has 0 radical (unpaired) electrons. The van der Waals surface area contributed by atoms with Crippen LogP contribution in [0.5, 0.6) is 0 Å². The third-order valence-electron chi connectivity index (χ3n) is 3.53. The Morgan fingerprint density at radius 1 is 1.17 bits per heavy atom. The zero-order valence-electron chi connectivity index (χ0n) is 10.2. The van der Waals surface area contributed by atoms with Crippen LogP contribution in [-0.2, 0) is 0 Å². The molecule has 1 aliphatic rings. The largest absolute Gasteiger partial charge is 0.357 e. The van der Waals surface area contributed by atoms with Gasteiger partial charge in [-0.05, 0) is 25.0 Å². The van der Waals surface area contributed by atoms with E-state index in [2.05, 4.69) is 28.5 Å². The number of rotatable bonds is 2. The van der Waals surface area contributed by atoms with Gasteiger partial charge in [-0.15, -0.1) is 11.6 Å². The first-order chi connectivity index (χ1) is 8.83. The Hall–Kier alpha value is -0.800. The number of halogens is 1. The van der Waals surface area contributed by atoms with Crippen molar-refractivity contribution in [1.29, 1.82) is 0 Å². The third-order valence-corrected chi connectivity index (χ3v) is 5.02. The quantitative estimate of drug-likeness (QED) is 0.640. The second-order valence-electron chi connectivity index (χ2n) is 4.89. The summed E-state index contributed by atoms with van der Waals surface area (Å²) in [5.74, 6) is 0. The van der Waals surface area contributed by atoms with Crippen LogP contribution in [0.1, 0.15) is 32.1 Å². The number of benzene rings is 1. The van der Waals surface area contributed by atoms with Crippen molar-refractivity contribution in [2.45, 2.75) is 43.5 Å². The fraction of sp³-hybridized carbons (Fsp3) is 0.500. The van der Waals surface area contributed by atoms with Gasteiger partial charge in [0.25, 0.3) is 0 Å². The second kappa shape index (κ2) is 5.45. The summed E-state index contributed by atoms with van der Waals surface area (Å²) in [6.45, 7) is 0. The van der Waals surface area contributed by atoms with Crippen LogP contribution >= 0.6 is 22.9 Å². The van der Waals surface area contributed by atoms with Crippen LogP contribution in [0.2, 0.25) is 0 Å². The lowest BCUT2D eigenvalue weighted by Crippen LogP contribution is -2.28. The summed E-state index contributed by atoms with van der Waals surface area (Å²) < 4.78 is 1.24. The Kier molecular flexibility index (Phi) is 3.71. The molecule has 1 aromatic heterocycles. The molecule has 0 saturated heterocycles. The highest BCUT2D eigenvalue weighted by Crippen LogP contribution is 2.29. The molecule has 1 heterocycles. The highest BCUT2D eigenvalue weighted by molar-refractivity contribution is 7.22. The van der Waals surface area contributed by atoms with E-state index < -0.39 is 0 Å². The van der Waals surface area contributed by atoms with E-state index in [9.17, 15) is 0 Å². The standard InChI is InChI=1S/C14H17ClN2S/c15-10-6-2-1-3-7-11(10)16-14-17-12-8-4-5-9-13(12)18-14/h4-5,8-11H,1-3,6-7H2,(H,16,17). The van der Waals surface area contributed by atoms with Crippen LogP contribution in [0.15, 0.2) is 24.3 Å².